The predicted molar refractivity (Wildman–Crippen MR) is 110 cm³/mol. The number of aryl methyl sites for hydroxylation is 1. The smallest absolute Gasteiger partial charge is 0.191 e. The van der Waals surface area contributed by atoms with Crippen molar-refractivity contribution in [1.82, 2.24) is 25.0 Å². The molecule has 0 saturated carbocycles. The fourth-order valence-electron chi connectivity index (χ4n) is 3.47. The third-order valence-electron chi connectivity index (χ3n) is 4.93. The maximum atomic E-state index is 12.4. The van der Waals surface area contributed by atoms with Gasteiger partial charge in [0.15, 0.2) is 5.43 Å². The molecule has 3 aromatic heterocycles. The maximum Gasteiger partial charge on any atom is 0.191 e. The zero-order chi connectivity index (χ0) is 20.0. The van der Waals surface area contributed by atoms with Crippen molar-refractivity contribution in [2.75, 3.05) is 0 Å². The molecule has 29 heavy (non-hydrogen) atoms. The first-order valence-corrected chi connectivity index (χ1v) is 8.97. The summed E-state index contributed by atoms with van der Waals surface area (Å²) in [6.07, 6.45) is 1.58. The third kappa shape index (κ3) is 2.75. The summed E-state index contributed by atoms with van der Waals surface area (Å²) < 4.78 is 1.70. The molecule has 1 N–H and O–H groups in total. The van der Waals surface area contributed by atoms with Gasteiger partial charge in [-0.1, -0.05) is 23.4 Å². The van der Waals surface area contributed by atoms with Crippen LogP contribution < -0.4 is 5.43 Å². The summed E-state index contributed by atoms with van der Waals surface area (Å²) in [6.45, 7) is 0. The average Bonchev–Trinajstić information content (AvgIpc) is 3.13. The van der Waals surface area contributed by atoms with Gasteiger partial charge in [-0.25, -0.2) is 9.67 Å². The standard InChI is InChI=1S/C22H14N6O/c1-28-19-10-14(5-6-18(19)26-27-28)16-11-17-20(29)7-8-24-22(17)25-21(16)15-4-2-3-13(9-15)12-23/h2-11H,1H3,(H,24,25,29). The van der Waals surface area contributed by atoms with Gasteiger partial charge in [0, 0.05) is 30.4 Å². The molecular formula is C22H14N6O. The first-order valence-electron chi connectivity index (χ1n) is 8.97. The lowest BCUT2D eigenvalue weighted by atomic mass is 9.97. The number of pyridine rings is 2. The number of fused-ring (bicyclic) bond motifs is 2. The molecule has 0 aliphatic rings. The summed E-state index contributed by atoms with van der Waals surface area (Å²) in [7, 11) is 1.83. The molecule has 138 valence electrons. The van der Waals surface area contributed by atoms with Crippen LogP contribution >= 0.6 is 0 Å². The minimum Gasteiger partial charge on any atom is -0.346 e. The third-order valence-corrected chi connectivity index (χ3v) is 4.93. The quantitative estimate of drug-likeness (QED) is 0.507. The number of aromatic amines is 1. The minimum atomic E-state index is -0.104. The van der Waals surface area contributed by atoms with Crippen molar-refractivity contribution in [3.05, 3.63) is 76.6 Å². The molecule has 2 aromatic carbocycles. The monoisotopic (exact) mass is 378 g/mol. The van der Waals surface area contributed by atoms with E-state index in [0.29, 0.717) is 22.3 Å². The molecule has 7 nitrogen and oxygen atoms in total. The Labute approximate surface area is 164 Å². The van der Waals surface area contributed by atoms with E-state index in [-0.39, 0.29) is 5.43 Å². The highest BCUT2D eigenvalue weighted by molar-refractivity contribution is 5.92. The molecule has 0 radical (unpaired) electrons. The van der Waals surface area contributed by atoms with Crippen molar-refractivity contribution in [1.29, 1.82) is 5.26 Å². The lowest BCUT2D eigenvalue weighted by molar-refractivity contribution is 0.736. The Morgan fingerprint density at radius 3 is 2.83 bits per heavy atom. The number of nitrogens with one attached hydrogen (secondary N) is 1. The van der Waals surface area contributed by atoms with Gasteiger partial charge in [0.05, 0.1) is 28.2 Å². The van der Waals surface area contributed by atoms with E-state index in [9.17, 15) is 10.1 Å². The number of nitrogens with zero attached hydrogens (tertiary/aromatic N) is 5. The minimum absolute atomic E-state index is 0.104. The van der Waals surface area contributed by atoms with Crippen LogP contribution in [0.4, 0.5) is 0 Å². The SMILES string of the molecule is Cn1nnc2ccc(-c3cc4c(=O)cc[nH]c4nc3-c3cccc(C#N)c3)cc21. The second-order valence-corrected chi connectivity index (χ2v) is 6.73. The molecule has 0 aliphatic carbocycles. The normalized spacial score (nSPS) is 11.0. The van der Waals surface area contributed by atoms with Gasteiger partial charge < -0.3 is 4.98 Å². The molecule has 0 spiro atoms. The maximum absolute atomic E-state index is 12.4. The Morgan fingerprint density at radius 1 is 1.07 bits per heavy atom. The largest absolute Gasteiger partial charge is 0.346 e. The molecule has 0 amide bonds. The molecule has 7 heteroatoms. The van der Waals surface area contributed by atoms with Crippen LogP contribution in [0.25, 0.3) is 44.5 Å². The van der Waals surface area contributed by atoms with Crippen LogP contribution in [0.1, 0.15) is 5.56 Å². The first kappa shape index (κ1) is 16.8. The van der Waals surface area contributed by atoms with Crippen LogP contribution in [0.3, 0.4) is 0 Å². The number of nitriles is 1. The number of H-pyrrole nitrogens is 1. The number of aromatic nitrogens is 5. The number of hydrogen-bond donors (Lipinski definition) is 1. The topological polar surface area (TPSA) is 100 Å². The van der Waals surface area contributed by atoms with Gasteiger partial charge >= 0.3 is 0 Å². The van der Waals surface area contributed by atoms with Crippen molar-refractivity contribution in [2.24, 2.45) is 7.05 Å². The van der Waals surface area contributed by atoms with Crippen molar-refractivity contribution >= 4 is 22.1 Å². The highest BCUT2D eigenvalue weighted by Crippen LogP contribution is 2.33. The summed E-state index contributed by atoms with van der Waals surface area (Å²) in [4.78, 5) is 20.2. The van der Waals surface area contributed by atoms with Crippen molar-refractivity contribution < 1.29 is 0 Å². The molecule has 0 aliphatic heterocycles. The zero-order valence-electron chi connectivity index (χ0n) is 15.4. The molecule has 0 atom stereocenters. The van der Waals surface area contributed by atoms with Crippen molar-refractivity contribution in [2.45, 2.75) is 0 Å². The summed E-state index contributed by atoms with van der Waals surface area (Å²) in [5.74, 6) is 0. The van der Waals surface area contributed by atoms with Crippen LogP contribution in [-0.4, -0.2) is 25.0 Å². The van der Waals surface area contributed by atoms with Gasteiger partial charge in [-0.05, 0) is 35.9 Å². The van der Waals surface area contributed by atoms with Crippen LogP contribution in [-0.2, 0) is 7.05 Å². The number of benzene rings is 2. The Kier molecular flexibility index (Phi) is 3.71. The number of hydrogen-bond acceptors (Lipinski definition) is 5. The van der Waals surface area contributed by atoms with Crippen LogP contribution in [0.15, 0.2) is 65.6 Å². The van der Waals surface area contributed by atoms with Gasteiger partial charge in [0.2, 0.25) is 0 Å². The van der Waals surface area contributed by atoms with Gasteiger partial charge in [0.25, 0.3) is 0 Å². The molecule has 5 rings (SSSR count). The first-order chi connectivity index (χ1) is 14.1. The van der Waals surface area contributed by atoms with Crippen LogP contribution in [0.5, 0.6) is 0 Å². The van der Waals surface area contributed by atoms with Gasteiger partial charge in [0.1, 0.15) is 11.2 Å². The van der Waals surface area contributed by atoms with E-state index in [4.69, 9.17) is 4.98 Å². The Hall–Kier alpha value is -4.31. The lowest BCUT2D eigenvalue weighted by Gasteiger charge is -2.12. The predicted octanol–water partition coefficient (Wildman–Crippen LogP) is 3.41. The number of rotatable bonds is 2. The molecular weight excluding hydrogens is 364 g/mol. The van der Waals surface area contributed by atoms with Crippen LogP contribution in [0.2, 0.25) is 0 Å². The van der Waals surface area contributed by atoms with Crippen LogP contribution in [0, 0.1) is 11.3 Å². The summed E-state index contributed by atoms with van der Waals surface area (Å²) in [5.41, 5.74) is 5.78. The van der Waals surface area contributed by atoms with E-state index >= 15 is 0 Å². The lowest BCUT2D eigenvalue weighted by Crippen LogP contribution is -2.03. The summed E-state index contributed by atoms with van der Waals surface area (Å²) in [6, 6.07) is 18.6. The Bertz CT molecular complexity index is 1510. The molecule has 0 unspecified atom stereocenters. The molecule has 5 aromatic rings. The van der Waals surface area contributed by atoms with E-state index < -0.39 is 0 Å². The van der Waals surface area contributed by atoms with Gasteiger partial charge in [-0.3, -0.25) is 4.79 Å². The Morgan fingerprint density at radius 2 is 1.97 bits per heavy atom. The van der Waals surface area contributed by atoms with E-state index in [1.54, 1.807) is 23.0 Å². The highest BCUT2D eigenvalue weighted by atomic mass is 16.1. The Balaban J connectivity index is 1.86. The molecule has 0 bridgehead atoms. The van der Waals surface area contributed by atoms with Gasteiger partial charge in [-0.15, -0.1) is 5.10 Å². The molecule has 0 saturated heterocycles. The molecule has 3 heterocycles. The van der Waals surface area contributed by atoms with Crippen molar-refractivity contribution in [3.8, 4) is 28.5 Å². The fourth-order valence-corrected chi connectivity index (χ4v) is 3.47. The summed E-state index contributed by atoms with van der Waals surface area (Å²) >= 11 is 0. The fraction of sp³-hybridized carbons (Fsp3) is 0.0455. The van der Waals surface area contributed by atoms with Crippen molar-refractivity contribution in [3.63, 3.8) is 0 Å². The average molecular weight is 378 g/mol. The van der Waals surface area contributed by atoms with Gasteiger partial charge in [-0.2, -0.15) is 5.26 Å². The molecule has 0 fully saturated rings. The zero-order valence-corrected chi connectivity index (χ0v) is 15.4. The highest BCUT2D eigenvalue weighted by Gasteiger charge is 2.15. The van der Waals surface area contributed by atoms with E-state index in [2.05, 4.69) is 21.4 Å². The second kappa shape index (κ2) is 6.39. The summed E-state index contributed by atoms with van der Waals surface area (Å²) in [5, 5.41) is 18.0. The van der Waals surface area contributed by atoms with E-state index in [0.717, 1.165) is 27.7 Å². The van der Waals surface area contributed by atoms with E-state index in [1.165, 1.54) is 6.07 Å². The second-order valence-electron chi connectivity index (χ2n) is 6.73. The van der Waals surface area contributed by atoms with E-state index in [1.807, 2.05) is 43.4 Å².